The topological polar surface area (TPSA) is 68.3 Å². The first-order valence-electron chi connectivity index (χ1n) is 6.21. The van der Waals surface area contributed by atoms with Crippen LogP contribution >= 0.6 is 22.9 Å². The van der Waals surface area contributed by atoms with Crippen LogP contribution in [-0.4, -0.2) is 23.5 Å². The van der Waals surface area contributed by atoms with Crippen LogP contribution in [0.5, 0.6) is 0 Å². The largest absolute Gasteiger partial charge is 0.461 e. The Bertz CT molecular complexity index is 685. The molecular formula is C14H13ClN2O3S. The van der Waals surface area contributed by atoms with Crippen LogP contribution in [0.3, 0.4) is 0 Å². The number of nitrogens with zero attached hydrogens (tertiary/aromatic N) is 1. The number of benzene rings is 1. The molecule has 7 heteroatoms. The number of aromatic nitrogens is 1. The van der Waals surface area contributed by atoms with Crippen LogP contribution in [0.4, 0.5) is 5.69 Å². The van der Waals surface area contributed by atoms with Crippen molar-refractivity contribution in [2.45, 2.75) is 13.8 Å². The Kier molecular flexibility index (Phi) is 4.93. The molecule has 0 saturated carbocycles. The number of aryl methyl sites for hydroxylation is 1. The van der Waals surface area contributed by atoms with Crippen LogP contribution < -0.4 is 5.32 Å². The smallest absolute Gasteiger partial charge is 0.367 e. The summed E-state index contributed by atoms with van der Waals surface area (Å²) in [5.74, 6) is -0.929. The fourth-order valence-electron chi connectivity index (χ4n) is 1.53. The van der Waals surface area contributed by atoms with E-state index in [2.05, 4.69) is 10.3 Å². The van der Waals surface area contributed by atoms with E-state index >= 15 is 0 Å². The zero-order valence-corrected chi connectivity index (χ0v) is 13.0. The number of rotatable bonds is 4. The summed E-state index contributed by atoms with van der Waals surface area (Å²) in [7, 11) is 0. The number of nitrogens with one attached hydrogen (secondary N) is 1. The van der Waals surface area contributed by atoms with E-state index < -0.39 is 11.9 Å². The Balaban J connectivity index is 2.10. The van der Waals surface area contributed by atoms with Gasteiger partial charge in [-0.3, -0.25) is 4.79 Å². The average molecular weight is 325 g/mol. The van der Waals surface area contributed by atoms with Gasteiger partial charge in [0, 0.05) is 16.1 Å². The number of esters is 1. The minimum atomic E-state index is -0.528. The van der Waals surface area contributed by atoms with Gasteiger partial charge in [-0.2, -0.15) is 0 Å². The molecule has 0 saturated heterocycles. The summed E-state index contributed by atoms with van der Waals surface area (Å²) in [5, 5.41) is 4.91. The number of carbonyl (C=O) groups is 2. The summed E-state index contributed by atoms with van der Waals surface area (Å²) in [5.41, 5.74) is 1.66. The molecule has 0 spiro atoms. The summed E-state index contributed by atoms with van der Waals surface area (Å²) in [6, 6.07) is 5.22. The second kappa shape index (κ2) is 6.69. The van der Waals surface area contributed by atoms with Crippen molar-refractivity contribution in [2.75, 3.05) is 11.9 Å². The van der Waals surface area contributed by atoms with Gasteiger partial charge in [-0.25, -0.2) is 9.78 Å². The van der Waals surface area contributed by atoms with Crippen LogP contribution in [-0.2, 0) is 4.74 Å². The molecule has 1 N–H and O–H groups in total. The maximum Gasteiger partial charge on any atom is 0.367 e. The number of hydrogen-bond acceptors (Lipinski definition) is 5. The van der Waals surface area contributed by atoms with Gasteiger partial charge in [0.1, 0.15) is 5.69 Å². The van der Waals surface area contributed by atoms with Gasteiger partial charge in [0.05, 0.1) is 6.61 Å². The highest BCUT2D eigenvalue weighted by molar-refractivity contribution is 7.11. The zero-order chi connectivity index (χ0) is 15.4. The van der Waals surface area contributed by atoms with E-state index in [1.54, 1.807) is 19.1 Å². The fourth-order valence-corrected chi connectivity index (χ4v) is 2.40. The maximum atomic E-state index is 12.0. The van der Waals surface area contributed by atoms with Gasteiger partial charge >= 0.3 is 5.97 Å². The van der Waals surface area contributed by atoms with Crippen molar-refractivity contribution in [3.05, 3.63) is 44.9 Å². The minimum absolute atomic E-state index is 0.156. The maximum absolute atomic E-state index is 12.0. The van der Waals surface area contributed by atoms with Gasteiger partial charge in [0.25, 0.3) is 5.91 Å². The highest BCUT2D eigenvalue weighted by atomic mass is 35.5. The van der Waals surface area contributed by atoms with Crippen molar-refractivity contribution in [3.63, 3.8) is 0 Å². The lowest BCUT2D eigenvalue weighted by Crippen LogP contribution is -2.13. The van der Waals surface area contributed by atoms with Gasteiger partial charge in [-0.15, -0.1) is 11.3 Å². The molecule has 1 aromatic carbocycles. The molecule has 0 fully saturated rings. The second-order valence-corrected chi connectivity index (χ2v) is 5.44. The number of thiazole rings is 1. The molecule has 0 unspecified atom stereocenters. The predicted octanol–water partition coefficient (Wildman–Crippen LogP) is 3.53. The van der Waals surface area contributed by atoms with E-state index in [-0.39, 0.29) is 17.3 Å². The molecular weight excluding hydrogens is 312 g/mol. The molecule has 2 aromatic rings. The van der Waals surface area contributed by atoms with Crippen LogP contribution in [0.25, 0.3) is 0 Å². The number of hydrogen-bond donors (Lipinski definition) is 1. The number of halogens is 1. The molecule has 0 radical (unpaired) electrons. The number of amides is 1. The third-order valence-electron chi connectivity index (χ3n) is 2.62. The van der Waals surface area contributed by atoms with Crippen molar-refractivity contribution >= 4 is 40.5 Å². The van der Waals surface area contributed by atoms with E-state index in [0.29, 0.717) is 10.7 Å². The molecule has 110 valence electrons. The molecule has 0 atom stereocenters. The van der Waals surface area contributed by atoms with Gasteiger partial charge in [-0.05, 0) is 31.5 Å². The van der Waals surface area contributed by atoms with E-state index in [0.717, 1.165) is 16.9 Å². The van der Waals surface area contributed by atoms with E-state index in [9.17, 15) is 9.59 Å². The second-order valence-electron chi connectivity index (χ2n) is 4.18. The number of carbonyl (C=O) groups excluding carboxylic acids is 2. The summed E-state index contributed by atoms with van der Waals surface area (Å²) in [4.78, 5) is 27.5. The van der Waals surface area contributed by atoms with Crippen LogP contribution in [0, 0.1) is 6.92 Å². The highest BCUT2D eigenvalue weighted by Crippen LogP contribution is 2.21. The standard InChI is InChI=1S/C14H13ClN2O3S/c1-3-20-14(19)13-17-11(7-21-13)12(18)16-9-5-4-8(2)10(15)6-9/h4-7H,3H2,1-2H3,(H,16,18). The SMILES string of the molecule is CCOC(=O)c1nc(C(=O)Nc2ccc(C)c(Cl)c2)cs1. The number of ether oxygens (including phenoxy) is 1. The normalized spacial score (nSPS) is 10.2. The predicted molar refractivity (Wildman–Crippen MR) is 82.2 cm³/mol. The van der Waals surface area contributed by atoms with E-state index in [1.807, 2.05) is 13.0 Å². The Morgan fingerprint density at radius 3 is 2.86 bits per heavy atom. The molecule has 0 aliphatic rings. The Morgan fingerprint density at radius 2 is 2.19 bits per heavy atom. The van der Waals surface area contributed by atoms with Crippen molar-refractivity contribution in [1.29, 1.82) is 0 Å². The molecule has 5 nitrogen and oxygen atoms in total. The molecule has 0 aliphatic carbocycles. The highest BCUT2D eigenvalue weighted by Gasteiger charge is 2.16. The molecule has 21 heavy (non-hydrogen) atoms. The summed E-state index contributed by atoms with van der Waals surface area (Å²) in [6.45, 7) is 3.85. The van der Waals surface area contributed by atoms with Gasteiger partial charge in [0.15, 0.2) is 0 Å². The molecule has 0 bridgehead atoms. The lowest BCUT2D eigenvalue weighted by atomic mass is 10.2. The van der Waals surface area contributed by atoms with Crippen molar-refractivity contribution in [1.82, 2.24) is 4.98 Å². The summed E-state index contributed by atoms with van der Waals surface area (Å²) < 4.78 is 4.83. The molecule has 1 aromatic heterocycles. The van der Waals surface area contributed by atoms with Crippen molar-refractivity contribution in [2.24, 2.45) is 0 Å². The average Bonchev–Trinajstić information content (AvgIpc) is 2.93. The van der Waals surface area contributed by atoms with Gasteiger partial charge in [-0.1, -0.05) is 17.7 Å². The van der Waals surface area contributed by atoms with Crippen LogP contribution in [0.2, 0.25) is 5.02 Å². The van der Waals surface area contributed by atoms with E-state index in [1.165, 1.54) is 5.38 Å². The molecule has 1 amide bonds. The van der Waals surface area contributed by atoms with Gasteiger partial charge < -0.3 is 10.1 Å². The third-order valence-corrected chi connectivity index (χ3v) is 3.85. The summed E-state index contributed by atoms with van der Waals surface area (Å²) in [6.07, 6.45) is 0. The van der Waals surface area contributed by atoms with Gasteiger partial charge in [0.2, 0.25) is 5.01 Å². The first-order chi connectivity index (χ1) is 10.0. The Labute approximate surface area is 130 Å². The quantitative estimate of drug-likeness (QED) is 0.873. The minimum Gasteiger partial charge on any atom is -0.461 e. The monoisotopic (exact) mass is 324 g/mol. The number of anilines is 1. The van der Waals surface area contributed by atoms with Crippen molar-refractivity contribution < 1.29 is 14.3 Å². The van der Waals surface area contributed by atoms with E-state index in [4.69, 9.17) is 16.3 Å². The first kappa shape index (κ1) is 15.5. The van der Waals surface area contributed by atoms with Crippen LogP contribution in [0.15, 0.2) is 23.6 Å². The Morgan fingerprint density at radius 1 is 1.43 bits per heavy atom. The fraction of sp³-hybridized carbons (Fsp3) is 0.214. The Hall–Kier alpha value is -1.92. The third kappa shape index (κ3) is 3.80. The van der Waals surface area contributed by atoms with Crippen LogP contribution in [0.1, 0.15) is 32.8 Å². The summed E-state index contributed by atoms with van der Waals surface area (Å²) >= 11 is 7.07. The molecule has 0 aliphatic heterocycles. The lowest BCUT2D eigenvalue weighted by Gasteiger charge is -2.05. The molecule has 1 heterocycles. The first-order valence-corrected chi connectivity index (χ1v) is 7.47. The lowest BCUT2D eigenvalue weighted by molar-refractivity contribution is 0.0526. The molecule has 2 rings (SSSR count). The zero-order valence-electron chi connectivity index (χ0n) is 11.5. The van der Waals surface area contributed by atoms with Crippen molar-refractivity contribution in [3.8, 4) is 0 Å².